The average molecular weight is 360 g/mol. The average Bonchev–Trinajstić information content (AvgIpc) is 2.63. The number of benzene rings is 3. The van der Waals surface area contributed by atoms with Crippen LogP contribution in [-0.2, 0) is 0 Å². The summed E-state index contributed by atoms with van der Waals surface area (Å²) in [5.41, 5.74) is 2.22. The van der Waals surface area contributed by atoms with Gasteiger partial charge in [0.1, 0.15) is 22.8 Å². The molecule has 0 saturated carbocycles. The maximum absolute atomic E-state index is 12.5. The minimum Gasteiger partial charge on any atom is -0.488 e. The Balaban J connectivity index is 1.67. The van der Waals surface area contributed by atoms with Crippen LogP contribution in [0.15, 0.2) is 72.8 Å². The summed E-state index contributed by atoms with van der Waals surface area (Å²) in [6, 6.07) is 22.3. The van der Waals surface area contributed by atoms with Crippen LogP contribution in [0, 0.1) is 6.92 Å². The summed E-state index contributed by atoms with van der Waals surface area (Å²) in [5, 5.41) is 0. The lowest BCUT2D eigenvalue weighted by molar-refractivity contribution is 0.103. The van der Waals surface area contributed by atoms with E-state index in [4.69, 9.17) is 9.47 Å². The van der Waals surface area contributed by atoms with Crippen molar-refractivity contribution in [1.29, 1.82) is 0 Å². The lowest BCUT2D eigenvalue weighted by Gasteiger charge is -2.21. The molecule has 0 atom stereocenters. The van der Waals surface area contributed by atoms with E-state index in [1.54, 1.807) is 24.3 Å². The van der Waals surface area contributed by atoms with Crippen molar-refractivity contribution < 1.29 is 14.3 Å². The third-order valence-corrected chi connectivity index (χ3v) is 3.91. The second-order valence-corrected chi connectivity index (χ2v) is 7.51. The molecule has 0 bridgehead atoms. The predicted octanol–water partition coefficient (Wildman–Crippen LogP) is 6.20. The minimum absolute atomic E-state index is 0.00484. The molecular weight excluding hydrogens is 336 g/mol. The van der Waals surface area contributed by atoms with Gasteiger partial charge in [-0.3, -0.25) is 4.79 Å². The van der Waals surface area contributed by atoms with Crippen molar-refractivity contribution in [2.75, 3.05) is 0 Å². The Morgan fingerprint density at radius 1 is 0.667 bits per heavy atom. The zero-order valence-corrected chi connectivity index (χ0v) is 16.2. The van der Waals surface area contributed by atoms with E-state index in [2.05, 4.69) is 0 Å². The van der Waals surface area contributed by atoms with Gasteiger partial charge in [0.2, 0.25) is 0 Å². The van der Waals surface area contributed by atoms with Gasteiger partial charge >= 0.3 is 0 Å². The highest BCUT2D eigenvalue weighted by molar-refractivity contribution is 6.09. The predicted molar refractivity (Wildman–Crippen MR) is 108 cm³/mol. The van der Waals surface area contributed by atoms with Crippen LogP contribution < -0.4 is 9.47 Å². The second-order valence-electron chi connectivity index (χ2n) is 7.51. The maximum Gasteiger partial charge on any atom is 0.193 e. The lowest BCUT2D eigenvalue weighted by atomic mass is 10.0. The molecule has 138 valence electrons. The summed E-state index contributed by atoms with van der Waals surface area (Å²) in [4.78, 5) is 12.5. The summed E-state index contributed by atoms with van der Waals surface area (Å²) in [5.74, 6) is 2.20. The quantitative estimate of drug-likeness (QED) is 0.509. The van der Waals surface area contributed by atoms with Crippen LogP contribution in [0.5, 0.6) is 17.2 Å². The molecule has 0 aromatic heterocycles. The molecule has 0 amide bonds. The SMILES string of the molecule is Cc1ccc(C(=O)c2ccc(Oc3ccc(OC(C)(C)C)cc3)cc2)cc1. The van der Waals surface area contributed by atoms with Gasteiger partial charge in [-0.05, 0) is 76.2 Å². The molecule has 3 aromatic carbocycles. The van der Waals surface area contributed by atoms with Gasteiger partial charge < -0.3 is 9.47 Å². The van der Waals surface area contributed by atoms with Crippen molar-refractivity contribution in [2.45, 2.75) is 33.3 Å². The summed E-state index contributed by atoms with van der Waals surface area (Å²) >= 11 is 0. The Morgan fingerprint density at radius 2 is 1.07 bits per heavy atom. The molecule has 0 spiro atoms. The Bertz CT molecular complexity index is 900. The molecule has 0 aliphatic heterocycles. The summed E-state index contributed by atoms with van der Waals surface area (Å²) in [6.07, 6.45) is 0. The van der Waals surface area contributed by atoms with Gasteiger partial charge in [-0.25, -0.2) is 0 Å². The van der Waals surface area contributed by atoms with Crippen LogP contribution in [0.1, 0.15) is 42.3 Å². The van der Waals surface area contributed by atoms with Crippen molar-refractivity contribution in [3.05, 3.63) is 89.5 Å². The molecule has 3 nitrogen and oxygen atoms in total. The van der Waals surface area contributed by atoms with Crippen LogP contribution >= 0.6 is 0 Å². The minimum atomic E-state index is -0.234. The number of ether oxygens (including phenoxy) is 2. The zero-order chi connectivity index (χ0) is 19.4. The van der Waals surface area contributed by atoms with Crippen LogP contribution in [0.3, 0.4) is 0 Å². The van der Waals surface area contributed by atoms with Crippen molar-refractivity contribution in [3.8, 4) is 17.2 Å². The largest absolute Gasteiger partial charge is 0.488 e. The van der Waals surface area contributed by atoms with Gasteiger partial charge in [0.25, 0.3) is 0 Å². The van der Waals surface area contributed by atoms with Crippen molar-refractivity contribution in [2.24, 2.45) is 0 Å². The van der Waals surface area contributed by atoms with E-state index >= 15 is 0 Å². The van der Waals surface area contributed by atoms with Crippen molar-refractivity contribution in [1.82, 2.24) is 0 Å². The monoisotopic (exact) mass is 360 g/mol. The molecule has 0 fully saturated rings. The van der Waals surface area contributed by atoms with Gasteiger partial charge in [0.15, 0.2) is 5.78 Å². The Kier molecular flexibility index (Phi) is 5.31. The summed E-state index contributed by atoms with van der Waals surface area (Å²) < 4.78 is 11.7. The molecule has 0 heterocycles. The second kappa shape index (κ2) is 7.67. The molecule has 0 unspecified atom stereocenters. The first-order valence-corrected chi connectivity index (χ1v) is 8.98. The van der Waals surface area contributed by atoms with Crippen LogP contribution in [0.25, 0.3) is 0 Å². The van der Waals surface area contributed by atoms with Crippen molar-refractivity contribution >= 4 is 5.78 Å². The number of rotatable bonds is 5. The molecule has 27 heavy (non-hydrogen) atoms. The molecule has 0 aliphatic carbocycles. The van der Waals surface area contributed by atoms with Crippen LogP contribution in [0.4, 0.5) is 0 Å². The van der Waals surface area contributed by atoms with E-state index in [0.717, 1.165) is 11.3 Å². The van der Waals surface area contributed by atoms with E-state index in [9.17, 15) is 4.79 Å². The topological polar surface area (TPSA) is 35.5 Å². The first kappa shape index (κ1) is 18.7. The smallest absolute Gasteiger partial charge is 0.193 e. The number of carbonyl (C=O) groups excluding carboxylic acids is 1. The highest BCUT2D eigenvalue weighted by Gasteiger charge is 2.12. The Labute approximate surface area is 160 Å². The standard InChI is InChI=1S/C24H24O3/c1-17-5-7-18(8-6-17)23(25)19-9-11-20(12-10-19)26-21-13-15-22(16-14-21)27-24(2,3)4/h5-16H,1-4H3. The highest BCUT2D eigenvalue weighted by atomic mass is 16.5. The van der Waals surface area contributed by atoms with E-state index in [0.29, 0.717) is 22.6 Å². The Hall–Kier alpha value is -3.07. The molecule has 3 heteroatoms. The van der Waals surface area contributed by atoms with Crippen molar-refractivity contribution in [3.63, 3.8) is 0 Å². The number of carbonyl (C=O) groups is 1. The number of aryl methyl sites for hydroxylation is 1. The van der Waals surface area contributed by atoms with E-state index in [1.807, 2.05) is 76.2 Å². The fourth-order valence-corrected chi connectivity index (χ4v) is 2.61. The van der Waals surface area contributed by atoms with E-state index < -0.39 is 0 Å². The first-order valence-electron chi connectivity index (χ1n) is 8.98. The summed E-state index contributed by atoms with van der Waals surface area (Å²) in [7, 11) is 0. The third kappa shape index (κ3) is 5.20. The van der Waals surface area contributed by atoms with E-state index in [1.165, 1.54) is 0 Å². The fraction of sp³-hybridized carbons (Fsp3) is 0.208. The van der Waals surface area contributed by atoms with Gasteiger partial charge in [0, 0.05) is 11.1 Å². The normalized spacial score (nSPS) is 11.1. The summed E-state index contributed by atoms with van der Waals surface area (Å²) in [6.45, 7) is 8.03. The van der Waals surface area contributed by atoms with Crippen LogP contribution in [0.2, 0.25) is 0 Å². The van der Waals surface area contributed by atoms with Gasteiger partial charge in [-0.2, -0.15) is 0 Å². The van der Waals surface area contributed by atoms with Gasteiger partial charge in [0.05, 0.1) is 0 Å². The molecule has 0 radical (unpaired) electrons. The molecule has 0 saturated heterocycles. The Morgan fingerprint density at radius 3 is 1.56 bits per heavy atom. The number of ketones is 1. The molecule has 0 aliphatic rings. The number of hydrogen-bond acceptors (Lipinski definition) is 3. The molecule has 0 N–H and O–H groups in total. The highest BCUT2D eigenvalue weighted by Crippen LogP contribution is 2.26. The van der Waals surface area contributed by atoms with Crippen LogP contribution in [-0.4, -0.2) is 11.4 Å². The fourth-order valence-electron chi connectivity index (χ4n) is 2.61. The third-order valence-electron chi connectivity index (χ3n) is 3.91. The number of hydrogen-bond donors (Lipinski definition) is 0. The van der Waals surface area contributed by atoms with E-state index in [-0.39, 0.29) is 11.4 Å². The lowest BCUT2D eigenvalue weighted by Crippen LogP contribution is -2.22. The molecular formula is C24H24O3. The maximum atomic E-state index is 12.5. The zero-order valence-electron chi connectivity index (χ0n) is 16.2. The van der Waals surface area contributed by atoms with Gasteiger partial charge in [-0.15, -0.1) is 0 Å². The van der Waals surface area contributed by atoms with Gasteiger partial charge in [-0.1, -0.05) is 29.8 Å². The molecule has 3 rings (SSSR count). The first-order chi connectivity index (χ1) is 12.8. The molecule has 3 aromatic rings.